The first kappa shape index (κ1) is 14.1. The van der Waals surface area contributed by atoms with Crippen LogP contribution in [0.15, 0.2) is 59.2 Å². The van der Waals surface area contributed by atoms with Crippen molar-refractivity contribution in [3.8, 4) is 0 Å². The molecule has 0 aliphatic rings. The quantitative estimate of drug-likeness (QED) is 0.618. The lowest BCUT2D eigenvalue weighted by Crippen LogP contribution is -2.22. The number of benzene rings is 1. The molecule has 104 valence electrons. The van der Waals surface area contributed by atoms with Crippen molar-refractivity contribution >= 4 is 12.0 Å². The molecule has 0 fully saturated rings. The molecule has 1 aromatic heterocycles. The molecule has 3 heteroatoms. The van der Waals surface area contributed by atoms with Gasteiger partial charge in [-0.15, -0.1) is 0 Å². The molecule has 3 nitrogen and oxygen atoms in total. The number of hydrogen-bond acceptors (Lipinski definition) is 2. The summed E-state index contributed by atoms with van der Waals surface area (Å²) in [5.74, 6) is 0.602. The van der Waals surface area contributed by atoms with Gasteiger partial charge in [0.2, 0.25) is 5.91 Å². The molecule has 0 aliphatic carbocycles. The summed E-state index contributed by atoms with van der Waals surface area (Å²) in [5.41, 5.74) is 1.34. The van der Waals surface area contributed by atoms with E-state index in [-0.39, 0.29) is 5.91 Å². The third-order valence-electron chi connectivity index (χ3n) is 2.98. The van der Waals surface area contributed by atoms with E-state index in [9.17, 15) is 4.79 Å². The third-order valence-corrected chi connectivity index (χ3v) is 2.98. The summed E-state index contributed by atoms with van der Waals surface area (Å²) in [7, 11) is 0. The fourth-order valence-corrected chi connectivity index (χ4v) is 1.91. The average molecular weight is 269 g/mol. The minimum Gasteiger partial charge on any atom is -0.465 e. The van der Waals surface area contributed by atoms with Gasteiger partial charge in [-0.2, -0.15) is 0 Å². The predicted molar refractivity (Wildman–Crippen MR) is 80.1 cm³/mol. The minimum atomic E-state index is -0.0823. The summed E-state index contributed by atoms with van der Waals surface area (Å²) in [5, 5.41) is 2.86. The Bertz CT molecular complexity index is 529. The van der Waals surface area contributed by atoms with Crippen molar-refractivity contribution in [3.05, 3.63) is 66.1 Å². The van der Waals surface area contributed by atoms with Gasteiger partial charge < -0.3 is 9.73 Å². The van der Waals surface area contributed by atoms with Crippen LogP contribution in [0.4, 0.5) is 0 Å². The molecule has 1 N–H and O–H groups in total. The number of nitrogens with one attached hydrogen (secondary N) is 1. The van der Waals surface area contributed by atoms with Crippen molar-refractivity contribution in [2.45, 2.75) is 19.3 Å². The Hall–Kier alpha value is -2.29. The number of unbranched alkanes of at least 4 members (excludes halogenated alkanes) is 1. The monoisotopic (exact) mass is 269 g/mol. The zero-order valence-corrected chi connectivity index (χ0v) is 11.4. The highest BCUT2D eigenvalue weighted by atomic mass is 16.3. The van der Waals surface area contributed by atoms with Gasteiger partial charge in [-0.25, -0.2) is 0 Å². The lowest BCUT2D eigenvalue weighted by molar-refractivity contribution is -0.116. The van der Waals surface area contributed by atoms with Crippen molar-refractivity contribution in [2.24, 2.45) is 0 Å². The minimum absolute atomic E-state index is 0.0823. The Morgan fingerprint density at radius 3 is 2.70 bits per heavy atom. The highest BCUT2D eigenvalue weighted by molar-refractivity contribution is 5.91. The van der Waals surface area contributed by atoms with Crippen LogP contribution in [-0.4, -0.2) is 12.5 Å². The van der Waals surface area contributed by atoms with E-state index in [1.54, 1.807) is 18.4 Å². The first-order valence-corrected chi connectivity index (χ1v) is 6.88. The second-order valence-electron chi connectivity index (χ2n) is 4.58. The van der Waals surface area contributed by atoms with E-state index >= 15 is 0 Å². The van der Waals surface area contributed by atoms with Crippen molar-refractivity contribution < 1.29 is 9.21 Å². The Kier molecular flexibility index (Phi) is 5.65. The Morgan fingerprint density at radius 1 is 1.10 bits per heavy atom. The summed E-state index contributed by atoms with van der Waals surface area (Å²) in [6, 6.07) is 14.0. The molecule has 1 aromatic carbocycles. The van der Waals surface area contributed by atoms with Gasteiger partial charge in [-0.05, 0) is 43.0 Å². The maximum atomic E-state index is 11.5. The van der Waals surface area contributed by atoms with Crippen LogP contribution in [0, 0.1) is 0 Å². The Balaban J connectivity index is 1.58. The predicted octanol–water partition coefficient (Wildman–Crippen LogP) is 3.43. The number of furan rings is 1. The fourth-order valence-electron chi connectivity index (χ4n) is 1.91. The highest BCUT2D eigenvalue weighted by Crippen LogP contribution is 2.04. The third kappa shape index (κ3) is 5.14. The molecule has 1 heterocycles. The molecule has 0 saturated heterocycles. The topological polar surface area (TPSA) is 42.2 Å². The maximum Gasteiger partial charge on any atom is 0.244 e. The first-order valence-electron chi connectivity index (χ1n) is 6.88. The molecule has 0 atom stereocenters. The van der Waals surface area contributed by atoms with Gasteiger partial charge in [0.05, 0.1) is 6.26 Å². The van der Waals surface area contributed by atoms with Gasteiger partial charge in [-0.1, -0.05) is 30.3 Å². The smallest absolute Gasteiger partial charge is 0.244 e. The molecule has 2 aromatic rings. The van der Waals surface area contributed by atoms with Crippen LogP contribution < -0.4 is 5.32 Å². The van der Waals surface area contributed by atoms with Crippen LogP contribution >= 0.6 is 0 Å². The SMILES string of the molecule is O=C(/C=C/c1ccco1)NCCCCc1ccccc1. The van der Waals surface area contributed by atoms with E-state index in [0.717, 1.165) is 19.3 Å². The van der Waals surface area contributed by atoms with Crippen molar-refractivity contribution in [1.29, 1.82) is 0 Å². The number of aryl methyl sites for hydroxylation is 1. The maximum absolute atomic E-state index is 11.5. The van der Waals surface area contributed by atoms with Gasteiger partial charge in [0.1, 0.15) is 5.76 Å². The molecule has 20 heavy (non-hydrogen) atoms. The first-order chi connectivity index (χ1) is 9.84. The largest absolute Gasteiger partial charge is 0.465 e. The van der Waals surface area contributed by atoms with E-state index in [4.69, 9.17) is 4.42 Å². The number of rotatable bonds is 7. The highest BCUT2D eigenvalue weighted by Gasteiger charge is 1.96. The average Bonchev–Trinajstić information content (AvgIpc) is 2.99. The molecular weight excluding hydrogens is 250 g/mol. The summed E-state index contributed by atoms with van der Waals surface area (Å²) in [6.07, 6.45) is 7.86. The lowest BCUT2D eigenvalue weighted by Gasteiger charge is -2.02. The Morgan fingerprint density at radius 2 is 1.95 bits per heavy atom. The molecule has 0 saturated carbocycles. The van der Waals surface area contributed by atoms with Crippen LogP contribution in [-0.2, 0) is 11.2 Å². The molecule has 0 unspecified atom stereocenters. The summed E-state index contributed by atoms with van der Waals surface area (Å²) >= 11 is 0. The van der Waals surface area contributed by atoms with Crippen LogP contribution in [0.1, 0.15) is 24.2 Å². The van der Waals surface area contributed by atoms with Crippen LogP contribution in [0.3, 0.4) is 0 Å². The molecule has 0 aliphatic heterocycles. The van der Waals surface area contributed by atoms with E-state index in [1.165, 1.54) is 11.6 Å². The van der Waals surface area contributed by atoms with Gasteiger partial charge in [-0.3, -0.25) is 4.79 Å². The van der Waals surface area contributed by atoms with Crippen molar-refractivity contribution in [3.63, 3.8) is 0 Å². The second-order valence-corrected chi connectivity index (χ2v) is 4.58. The van der Waals surface area contributed by atoms with Gasteiger partial charge in [0, 0.05) is 12.6 Å². The fraction of sp³-hybridized carbons (Fsp3) is 0.235. The van der Waals surface area contributed by atoms with Crippen LogP contribution in [0.5, 0.6) is 0 Å². The molecule has 0 spiro atoms. The zero-order chi connectivity index (χ0) is 14.0. The summed E-state index contributed by atoms with van der Waals surface area (Å²) < 4.78 is 5.11. The van der Waals surface area contributed by atoms with Gasteiger partial charge in [0.15, 0.2) is 0 Å². The standard InChI is InChI=1S/C17H19NO2/c19-17(12-11-16-10-6-14-20-16)18-13-5-4-9-15-7-2-1-3-8-15/h1-3,6-8,10-12,14H,4-5,9,13H2,(H,18,19)/b12-11+. The molecule has 2 rings (SSSR count). The molecule has 0 radical (unpaired) electrons. The van der Waals surface area contributed by atoms with Crippen LogP contribution in [0.2, 0.25) is 0 Å². The number of carbonyl (C=O) groups excluding carboxylic acids is 1. The second kappa shape index (κ2) is 8.00. The molecule has 0 bridgehead atoms. The van der Waals surface area contributed by atoms with Gasteiger partial charge in [0.25, 0.3) is 0 Å². The zero-order valence-electron chi connectivity index (χ0n) is 11.4. The Labute approximate surface area is 119 Å². The van der Waals surface area contributed by atoms with Crippen LogP contribution in [0.25, 0.3) is 6.08 Å². The van der Waals surface area contributed by atoms with Crippen molar-refractivity contribution in [1.82, 2.24) is 5.32 Å². The lowest BCUT2D eigenvalue weighted by atomic mass is 10.1. The number of carbonyl (C=O) groups is 1. The summed E-state index contributed by atoms with van der Waals surface area (Å²) in [4.78, 5) is 11.5. The molecular formula is C17H19NO2. The van der Waals surface area contributed by atoms with Crippen molar-refractivity contribution in [2.75, 3.05) is 6.54 Å². The number of amides is 1. The normalized spacial score (nSPS) is 10.8. The van der Waals surface area contributed by atoms with Gasteiger partial charge >= 0.3 is 0 Å². The van der Waals surface area contributed by atoms with E-state index < -0.39 is 0 Å². The van der Waals surface area contributed by atoms with E-state index in [2.05, 4.69) is 29.6 Å². The summed E-state index contributed by atoms with van der Waals surface area (Å²) in [6.45, 7) is 0.703. The number of hydrogen-bond donors (Lipinski definition) is 1. The van der Waals surface area contributed by atoms with E-state index in [0.29, 0.717) is 12.3 Å². The molecule has 1 amide bonds. The van der Waals surface area contributed by atoms with E-state index in [1.807, 2.05) is 12.1 Å².